The molecule has 1 aromatic heterocycles. The summed E-state index contributed by atoms with van der Waals surface area (Å²) >= 11 is 0.969. The lowest BCUT2D eigenvalue weighted by molar-refractivity contribution is -0.142. The molecule has 0 saturated carbocycles. The summed E-state index contributed by atoms with van der Waals surface area (Å²) in [5.41, 5.74) is 0.536. The molecule has 0 bridgehead atoms. The van der Waals surface area contributed by atoms with Gasteiger partial charge in [-0.1, -0.05) is 18.2 Å². The summed E-state index contributed by atoms with van der Waals surface area (Å²) in [4.78, 5) is 50.0. The van der Waals surface area contributed by atoms with Crippen molar-refractivity contribution in [1.29, 1.82) is 0 Å². The molecule has 0 unspecified atom stereocenters. The highest BCUT2D eigenvalue weighted by Crippen LogP contribution is 2.34. The smallest absolute Gasteiger partial charge is 0.341 e. The molecule has 9 heteroatoms. The van der Waals surface area contributed by atoms with E-state index in [0.29, 0.717) is 10.4 Å². The molecule has 0 aliphatic carbocycles. The molecule has 0 saturated heterocycles. The van der Waals surface area contributed by atoms with Crippen LogP contribution in [0.15, 0.2) is 24.3 Å². The topological polar surface area (TPSA) is 102 Å². The van der Waals surface area contributed by atoms with Crippen LogP contribution in [-0.2, 0) is 19.1 Å². The van der Waals surface area contributed by atoms with Crippen molar-refractivity contribution in [3.63, 3.8) is 0 Å². The van der Waals surface area contributed by atoms with Crippen LogP contribution < -0.4 is 5.32 Å². The summed E-state index contributed by atoms with van der Waals surface area (Å²) in [6.07, 6.45) is 6.05. The highest BCUT2D eigenvalue weighted by Gasteiger charge is 2.27. The third-order valence-electron chi connectivity index (χ3n) is 3.36. The standard InChI is InChI=1S/C19H24N2O6S/c1-6-8-9-10-14(23)27-11-13(22)20-17-15(19(25)26-7-2)12(3)16(28-17)18(24)21(4)5/h6,8-10H,7,11H2,1-5H3,(H,20,22)/b8-6+,10-9+. The van der Waals surface area contributed by atoms with E-state index in [9.17, 15) is 19.2 Å². The van der Waals surface area contributed by atoms with Crippen molar-refractivity contribution in [1.82, 2.24) is 4.90 Å². The first kappa shape index (κ1) is 23.1. The second kappa shape index (κ2) is 11.0. The molecule has 28 heavy (non-hydrogen) atoms. The van der Waals surface area contributed by atoms with Crippen LogP contribution in [0.1, 0.15) is 39.4 Å². The average molecular weight is 408 g/mol. The average Bonchev–Trinajstić information content (AvgIpc) is 2.95. The van der Waals surface area contributed by atoms with Crippen LogP contribution in [0.25, 0.3) is 0 Å². The van der Waals surface area contributed by atoms with Gasteiger partial charge in [0.25, 0.3) is 11.8 Å². The van der Waals surface area contributed by atoms with Gasteiger partial charge >= 0.3 is 11.9 Å². The summed E-state index contributed by atoms with van der Waals surface area (Å²) in [7, 11) is 3.18. The lowest BCUT2D eigenvalue weighted by atomic mass is 10.1. The minimum absolute atomic E-state index is 0.115. The van der Waals surface area contributed by atoms with E-state index in [1.807, 2.05) is 0 Å². The number of nitrogens with one attached hydrogen (secondary N) is 1. The van der Waals surface area contributed by atoms with Gasteiger partial charge in [0.2, 0.25) is 0 Å². The third kappa shape index (κ3) is 6.34. The number of hydrogen-bond acceptors (Lipinski definition) is 7. The monoisotopic (exact) mass is 408 g/mol. The molecule has 152 valence electrons. The highest BCUT2D eigenvalue weighted by molar-refractivity contribution is 7.18. The van der Waals surface area contributed by atoms with E-state index in [1.54, 1.807) is 47.0 Å². The Hall–Kier alpha value is -2.94. The van der Waals surface area contributed by atoms with E-state index < -0.39 is 24.5 Å². The number of carbonyl (C=O) groups is 4. The number of anilines is 1. The van der Waals surface area contributed by atoms with Crippen LogP contribution >= 0.6 is 11.3 Å². The minimum atomic E-state index is -0.676. The highest BCUT2D eigenvalue weighted by atomic mass is 32.1. The summed E-state index contributed by atoms with van der Waals surface area (Å²) in [5, 5.41) is 2.69. The summed E-state index contributed by atoms with van der Waals surface area (Å²) < 4.78 is 9.86. The lowest BCUT2D eigenvalue weighted by Gasteiger charge is -2.09. The van der Waals surface area contributed by atoms with Gasteiger partial charge in [0.05, 0.1) is 17.0 Å². The van der Waals surface area contributed by atoms with E-state index in [0.717, 1.165) is 11.3 Å². The maximum absolute atomic E-state index is 12.3. The molecule has 0 fully saturated rings. The van der Waals surface area contributed by atoms with Gasteiger partial charge < -0.3 is 19.7 Å². The van der Waals surface area contributed by atoms with E-state index >= 15 is 0 Å². The Balaban J connectivity index is 3.00. The van der Waals surface area contributed by atoms with Gasteiger partial charge in [0.1, 0.15) is 5.00 Å². The number of thiophene rings is 1. The molecule has 0 aliphatic heterocycles. The zero-order chi connectivity index (χ0) is 21.3. The normalized spacial score (nSPS) is 10.9. The Bertz CT molecular complexity index is 808. The SMILES string of the molecule is C/C=C/C=C/C(=O)OCC(=O)Nc1sc(C(=O)N(C)C)c(C)c1C(=O)OCC. The number of rotatable bonds is 8. The summed E-state index contributed by atoms with van der Waals surface area (Å²) in [6.45, 7) is 4.68. The molecule has 8 nitrogen and oxygen atoms in total. The van der Waals surface area contributed by atoms with Gasteiger partial charge in [0, 0.05) is 20.2 Å². The third-order valence-corrected chi connectivity index (χ3v) is 4.56. The molecule has 0 atom stereocenters. The first-order valence-corrected chi connectivity index (χ1v) is 9.32. The molecule has 2 amide bonds. The molecule has 0 radical (unpaired) electrons. The first-order valence-electron chi connectivity index (χ1n) is 8.51. The fourth-order valence-electron chi connectivity index (χ4n) is 2.05. The quantitative estimate of drug-likeness (QED) is 0.403. The maximum Gasteiger partial charge on any atom is 0.341 e. The van der Waals surface area contributed by atoms with Crippen molar-refractivity contribution >= 4 is 40.1 Å². The van der Waals surface area contributed by atoms with Crippen molar-refractivity contribution in [2.24, 2.45) is 0 Å². The van der Waals surface area contributed by atoms with E-state index in [1.165, 1.54) is 17.1 Å². The van der Waals surface area contributed by atoms with Crippen LogP contribution in [0.4, 0.5) is 5.00 Å². The van der Waals surface area contributed by atoms with E-state index in [2.05, 4.69) is 5.32 Å². The fourth-order valence-corrected chi connectivity index (χ4v) is 3.28. The fraction of sp³-hybridized carbons (Fsp3) is 0.368. The van der Waals surface area contributed by atoms with Gasteiger partial charge in [-0.05, 0) is 26.3 Å². The second-order valence-electron chi connectivity index (χ2n) is 5.72. The zero-order valence-electron chi connectivity index (χ0n) is 16.5. The molecule has 1 N–H and O–H groups in total. The predicted octanol–water partition coefficient (Wildman–Crippen LogP) is 2.55. The van der Waals surface area contributed by atoms with Gasteiger partial charge in [-0.15, -0.1) is 11.3 Å². The number of carbonyl (C=O) groups excluding carboxylic acids is 4. The molecule has 0 aliphatic rings. The Morgan fingerprint density at radius 1 is 1.14 bits per heavy atom. The van der Waals surface area contributed by atoms with Crippen molar-refractivity contribution < 1.29 is 28.7 Å². The van der Waals surface area contributed by atoms with Gasteiger partial charge in [-0.2, -0.15) is 0 Å². The number of nitrogens with zero attached hydrogens (tertiary/aromatic N) is 1. The number of allylic oxidation sites excluding steroid dienone is 3. The van der Waals surface area contributed by atoms with Crippen molar-refractivity contribution in [3.05, 3.63) is 40.3 Å². The van der Waals surface area contributed by atoms with Gasteiger partial charge in [-0.3, -0.25) is 9.59 Å². The van der Waals surface area contributed by atoms with Crippen molar-refractivity contribution in [2.45, 2.75) is 20.8 Å². The zero-order valence-corrected chi connectivity index (χ0v) is 17.3. The van der Waals surface area contributed by atoms with Gasteiger partial charge in [0.15, 0.2) is 6.61 Å². The Morgan fingerprint density at radius 2 is 1.82 bits per heavy atom. The van der Waals surface area contributed by atoms with Crippen molar-refractivity contribution in [2.75, 3.05) is 32.6 Å². The molecule has 0 spiro atoms. The Morgan fingerprint density at radius 3 is 2.39 bits per heavy atom. The molecule has 1 aromatic rings. The van der Waals surface area contributed by atoms with Crippen LogP contribution in [0, 0.1) is 6.92 Å². The minimum Gasteiger partial charge on any atom is -0.462 e. The number of hydrogen-bond donors (Lipinski definition) is 1. The second-order valence-corrected chi connectivity index (χ2v) is 6.74. The lowest BCUT2D eigenvalue weighted by Crippen LogP contribution is -2.21. The van der Waals surface area contributed by atoms with E-state index in [4.69, 9.17) is 9.47 Å². The largest absolute Gasteiger partial charge is 0.462 e. The molecule has 1 rings (SSSR count). The van der Waals surface area contributed by atoms with Crippen LogP contribution in [-0.4, -0.2) is 56.0 Å². The molecule has 1 heterocycles. The number of ether oxygens (including phenoxy) is 2. The molecular weight excluding hydrogens is 384 g/mol. The summed E-state index contributed by atoms with van der Waals surface area (Å²) in [5.74, 6) is -2.25. The maximum atomic E-state index is 12.3. The van der Waals surface area contributed by atoms with Crippen LogP contribution in [0.2, 0.25) is 0 Å². The van der Waals surface area contributed by atoms with E-state index in [-0.39, 0.29) is 23.1 Å². The Labute approximate surface area is 167 Å². The molecule has 0 aromatic carbocycles. The predicted molar refractivity (Wildman–Crippen MR) is 107 cm³/mol. The number of amides is 2. The molecular formula is C19H24N2O6S. The van der Waals surface area contributed by atoms with Gasteiger partial charge in [-0.25, -0.2) is 9.59 Å². The number of esters is 2. The Kier molecular flexibility index (Phi) is 9.10. The first-order chi connectivity index (χ1) is 13.2. The van der Waals surface area contributed by atoms with Crippen LogP contribution in [0.3, 0.4) is 0 Å². The van der Waals surface area contributed by atoms with Crippen LogP contribution in [0.5, 0.6) is 0 Å². The van der Waals surface area contributed by atoms with Crippen molar-refractivity contribution in [3.8, 4) is 0 Å². The summed E-state index contributed by atoms with van der Waals surface area (Å²) in [6, 6.07) is 0.